The fourth-order valence-electron chi connectivity index (χ4n) is 0.649. The number of carboxylic acid groups (broad SMARTS) is 2. The van der Waals surface area contributed by atoms with Crippen LogP contribution in [0.15, 0.2) is 17.1 Å². The zero-order valence-corrected chi connectivity index (χ0v) is 7.46. The van der Waals surface area contributed by atoms with Crippen LogP contribution in [0.2, 0.25) is 0 Å². The van der Waals surface area contributed by atoms with E-state index in [1.807, 2.05) is 0 Å². The molecule has 0 aliphatic heterocycles. The molecule has 0 fully saturated rings. The van der Waals surface area contributed by atoms with Gasteiger partial charge in [0.2, 0.25) is 0 Å². The first-order chi connectivity index (χ1) is 6.56. The highest BCUT2D eigenvalue weighted by molar-refractivity contribution is 5.84. The number of hydrogen-bond acceptors (Lipinski definition) is 4. The number of aliphatic carboxylic acids is 2. The molecule has 6 heteroatoms. The van der Waals surface area contributed by atoms with Crippen LogP contribution in [0.1, 0.15) is 6.42 Å². The first-order valence-electron chi connectivity index (χ1n) is 3.91. The van der Waals surface area contributed by atoms with Crippen molar-refractivity contribution in [1.82, 2.24) is 0 Å². The van der Waals surface area contributed by atoms with Crippen molar-refractivity contribution in [2.24, 2.45) is 10.7 Å². The Morgan fingerprint density at radius 3 is 2.50 bits per heavy atom. The van der Waals surface area contributed by atoms with E-state index in [-0.39, 0.29) is 13.0 Å². The minimum absolute atomic E-state index is 0.139. The molecule has 4 N–H and O–H groups in total. The van der Waals surface area contributed by atoms with Gasteiger partial charge < -0.3 is 15.9 Å². The summed E-state index contributed by atoms with van der Waals surface area (Å²) in [6.45, 7) is 0.139. The summed E-state index contributed by atoms with van der Waals surface area (Å²) in [6.07, 6.45) is 3.24. The molecule has 0 amide bonds. The van der Waals surface area contributed by atoms with Gasteiger partial charge in [0.15, 0.2) is 0 Å². The highest BCUT2D eigenvalue weighted by Crippen LogP contribution is 1.91. The number of carbonyl (C=O) groups is 2. The van der Waals surface area contributed by atoms with E-state index in [0.717, 1.165) is 6.08 Å². The summed E-state index contributed by atoms with van der Waals surface area (Å²) in [5.74, 6) is -2.08. The second-order valence-electron chi connectivity index (χ2n) is 2.43. The predicted molar refractivity (Wildman–Crippen MR) is 50.4 cm³/mol. The van der Waals surface area contributed by atoms with Crippen molar-refractivity contribution >= 4 is 18.2 Å². The van der Waals surface area contributed by atoms with Crippen LogP contribution in [-0.2, 0) is 9.59 Å². The number of hydrogen-bond donors (Lipinski definition) is 3. The standard InChI is InChI=1S/C8H12N2O4/c9-5-6(1-2-7(11)12)10-4-3-8(13)14/h1-2,4,6H,3,5,9H2,(H,11,12)(H,13,14). The molecule has 0 saturated carbocycles. The molecule has 0 radical (unpaired) electrons. The number of rotatable bonds is 6. The van der Waals surface area contributed by atoms with E-state index < -0.39 is 18.0 Å². The van der Waals surface area contributed by atoms with E-state index in [4.69, 9.17) is 15.9 Å². The molecular weight excluding hydrogens is 188 g/mol. The van der Waals surface area contributed by atoms with Crippen LogP contribution >= 0.6 is 0 Å². The topological polar surface area (TPSA) is 113 Å². The monoisotopic (exact) mass is 200 g/mol. The van der Waals surface area contributed by atoms with Crippen LogP contribution in [0.25, 0.3) is 0 Å². The second-order valence-corrected chi connectivity index (χ2v) is 2.43. The molecule has 0 aromatic heterocycles. The summed E-state index contributed by atoms with van der Waals surface area (Å²) >= 11 is 0. The van der Waals surface area contributed by atoms with E-state index >= 15 is 0 Å². The number of aliphatic imine (C=N–C) groups is 1. The largest absolute Gasteiger partial charge is 0.481 e. The fraction of sp³-hybridized carbons (Fsp3) is 0.375. The zero-order chi connectivity index (χ0) is 11.0. The second kappa shape index (κ2) is 6.79. The molecule has 0 bridgehead atoms. The first-order valence-corrected chi connectivity index (χ1v) is 3.91. The van der Waals surface area contributed by atoms with Crippen LogP contribution < -0.4 is 5.73 Å². The molecule has 1 unspecified atom stereocenters. The van der Waals surface area contributed by atoms with Crippen LogP contribution in [0.5, 0.6) is 0 Å². The van der Waals surface area contributed by atoms with Gasteiger partial charge in [0.25, 0.3) is 0 Å². The van der Waals surface area contributed by atoms with E-state index in [0.29, 0.717) is 0 Å². The van der Waals surface area contributed by atoms with Crippen LogP contribution in [0, 0.1) is 0 Å². The summed E-state index contributed by atoms with van der Waals surface area (Å²) in [4.78, 5) is 24.0. The first kappa shape index (κ1) is 12.3. The van der Waals surface area contributed by atoms with Gasteiger partial charge >= 0.3 is 11.9 Å². The maximum Gasteiger partial charge on any atom is 0.328 e. The SMILES string of the molecule is NCC(C=CC(=O)O)N=CCC(=O)O. The molecule has 0 rings (SSSR count). The third-order valence-electron chi connectivity index (χ3n) is 1.27. The lowest BCUT2D eigenvalue weighted by Crippen LogP contribution is -2.16. The molecule has 14 heavy (non-hydrogen) atoms. The zero-order valence-electron chi connectivity index (χ0n) is 7.46. The molecule has 78 valence electrons. The number of nitrogens with zero attached hydrogens (tertiary/aromatic N) is 1. The molecule has 6 nitrogen and oxygen atoms in total. The number of nitrogens with two attached hydrogens (primary N) is 1. The van der Waals surface area contributed by atoms with Crippen LogP contribution in [0.3, 0.4) is 0 Å². The van der Waals surface area contributed by atoms with E-state index in [1.165, 1.54) is 12.3 Å². The third-order valence-corrected chi connectivity index (χ3v) is 1.27. The Labute approximate surface area is 80.8 Å². The van der Waals surface area contributed by atoms with Gasteiger partial charge in [-0.1, -0.05) is 6.08 Å². The Balaban J connectivity index is 4.08. The van der Waals surface area contributed by atoms with Gasteiger partial charge in [-0.15, -0.1) is 0 Å². The van der Waals surface area contributed by atoms with Crippen molar-refractivity contribution < 1.29 is 19.8 Å². The molecule has 0 spiro atoms. The Morgan fingerprint density at radius 2 is 2.07 bits per heavy atom. The summed E-state index contributed by atoms with van der Waals surface area (Å²) in [5.41, 5.74) is 5.27. The van der Waals surface area contributed by atoms with Crippen LogP contribution in [0.4, 0.5) is 0 Å². The Morgan fingerprint density at radius 1 is 1.43 bits per heavy atom. The molecule has 1 atom stereocenters. The highest BCUT2D eigenvalue weighted by Gasteiger charge is 1.99. The van der Waals surface area contributed by atoms with Crippen molar-refractivity contribution in [3.63, 3.8) is 0 Å². The average molecular weight is 200 g/mol. The smallest absolute Gasteiger partial charge is 0.328 e. The lowest BCUT2D eigenvalue weighted by Gasteiger charge is -2.01. The van der Waals surface area contributed by atoms with Gasteiger partial charge in [-0.05, 0) is 0 Å². The van der Waals surface area contributed by atoms with Crippen molar-refractivity contribution in [2.75, 3.05) is 6.54 Å². The Hall–Kier alpha value is -1.69. The minimum Gasteiger partial charge on any atom is -0.481 e. The maximum atomic E-state index is 10.1. The van der Waals surface area contributed by atoms with Crippen molar-refractivity contribution in [3.05, 3.63) is 12.2 Å². The molecule has 0 aromatic rings. The quantitative estimate of drug-likeness (QED) is 0.395. The third kappa shape index (κ3) is 6.99. The highest BCUT2D eigenvalue weighted by atomic mass is 16.4. The van der Waals surface area contributed by atoms with Crippen molar-refractivity contribution in [1.29, 1.82) is 0 Å². The summed E-state index contributed by atoms with van der Waals surface area (Å²) in [6, 6.07) is -0.481. The molecule has 0 aromatic carbocycles. The average Bonchev–Trinajstić information content (AvgIpc) is 2.10. The van der Waals surface area contributed by atoms with Gasteiger partial charge in [-0.2, -0.15) is 0 Å². The Bertz CT molecular complexity index is 260. The molecule has 0 heterocycles. The van der Waals surface area contributed by atoms with Crippen molar-refractivity contribution in [3.8, 4) is 0 Å². The van der Waals surface area contributed by atoms with Gasteiger partial charge in [0, 0.05) is 18.8 Å². The summed E-state index contributed by atoms with van der Waals surface area (Å²) in [5, 5.41) is 16.6. The maximum absolute atomic E-state index is 10.1. The summed E-state index contributed by atoms with van der Waals surface area (Å²) in [7, 11) is 0. The lowest BCUT2D eigenvalue weighted by atomic mass is 10.3. The van der Waals surface area contributed by atoms with E-state index in [9.17, 15) is 9.59 Å². The Kier molecular flexibility index (Phi) is 5.97. The molecular formula is C8H12N2O4. The lowest BCUT2D eigenvalue weighted by molar-refractivity contribution is -0.135. The predicted octanol–water partition coefficient (Wildman–Crippen LogP) is -0.500. The number of carboxylic acids is 2. The van der Waals surface area contributed by atoms with Gasteiger partial charge in [0.05, 0.1) is 12.5 Å². The molecule has 0 aliphatic rings. The minimum atomic E-state index is -1.09. The van der Waals surface area contributed by atoms with E-state index in [1.54, 1.807) is 0 Å². The van der Waals surface area contributed by atoms with Crippen LogP contribution in [-0.4, -0.2) is 41.0 Å². The fourth-order valence-corrected chi connectivity index (χ4v) is 0.649. The van der Waals surface area contributed by atoms with E-state index in [2.05, 4.69) is 4.99 Å². The van der Waals surface area contributed by atoms with Crippen molar-refractivity contribution in [2.45, 2.75) is 12.5 Å². The summed E-state index contributed by atoms with van der Waals surface area (Å²) < 4.78 is 0. The molecule has 0 aliphatic carbocycles. The van der Waals surface area contributed by atoms with Gasteiger partial charge in [0.1, 0.15) is 0 Å². The molecule has 0 saturated heterocycles. The normalized spacial score (nSPS) is 13.5. The van der Waals surface area contributed by atoms with Gasteiger partial charge in [-0.3, -0.25) is 9.79 Å². The van der Waals surface area contributed by atoms with Gasteiger partial charge in [-0.25, -0.2) is 4.79 Å².